The highest BCUT2D eigenvalue weighted by Gasteiger charge is 2.23. The van der Waals surface area contributed by atoms with E-state index in [-0.39, 0.29) is 0 Å². The Bertz CT molecular complexity index is 774. The third-order valence-electron chi connectivity index (χ3n) is 5.96. The first kappa shape index (κ1) is 22.8. The summed E-state index contributed by atoms with van der Waals surface area (Å²) >= 11 is 0. The molecule has 2 aromatic rings. The van der Waals surface area contributed by atoms with Crippen LogP contribution in [0.3, 0.4) is 0 Å². The smallest absolute Gasteiger partial charge is 0.131 e. The summed E-state index contributed by atoms with van der Waals surface area (Å²) in [6.07, 6.45) is 0. The van der Waals surface area contributed by atoms with E-state index in [1.807, 2.05) is 0 Å². The van der Waals surface area contributed by atoms with Crippen LogP contribution in [0.4, 0.5) is 5.82 Å². The van der Waals surface area contributed by atoms with Crippen molar-refractivity contribution in [2.75, 3.05) is 44.3 Å². The molecule has 1 N–H and O–H groups in total. The lowest BCUT2D eigenvalue weighted by atomic mass is 10.0. The van der Waals surface area contributed by atoms with Crippen molar-refractivity contribution in [3.63, 3.8) is 0 Å². The molecule has 0 amide bonds. The molecule has 2 heterocycles. The predicted octanol–water partition coefficient (Wildman–Crippen LogP) is 3.51. The molecule has 0 saturated carbocycles. The van der Waals surface area contributed by atoms with Gasteiger partial charge in [0, 0.05) is 45.3 Å². The Kier molecular flexibility index (Phi) is 8.31. The minimum absolute atomic E-state index is 0.405. The van der Waals surface area contributed by atoms with Crippen molar-refractivity contribution in [3.05, 3.63) is 46.6 Å². The first-order valence-corrected chi connectivity index (χ1v) is 11.4. The van der Waals surface area contributed by atoms with Crippen LogP contribution in [-0.2, 0) is 31.4 Å². The van der Waals surface area contributed by atoms with Gasteiger partial charge in [-0.15, -0.1) is 0 Å². The summed E-state index contributed by atoms with van der Waals surface area (Å²) in [7, 11) is 2.06. The Morgan fingerprint density at radius 2 is 1.67 bits per heavy atom. The molecule has 6 heteroatoms. The maximum Gasteiger partial charge on any atom is 0.131 e. The van der Waals surface area contributed by atoms with Crippen molar-refractivity contribution < 1.29 is 4.74 Å². The average molecular weight is 414 g/mol. The van der Waals surface area contributed by atoms with Crippen LogP contribution in [0.5, 0.6) is 0 Å². The number of nitrogens with zero attached hydrogens (tertiary/aromatic N) is 4. The number of anilines is 1. The molecule has 0 radical (unpaired) electrons. The highest BCUT2D eigenvalue weighted by Crippen LogP contribution is 2.29. The van der Waals surface area contributed by atoms with Gasteiger partial charge in [0.2, 0.25) is 0 Å². The van der Waals surface area contributed by atoms with Gasteiger partial charge in [0.05, 0.1) is 18.9 Å². The number of rotatable bonds is 10. The third-order valence-corrected chi connectivity index (χ3v) is 5.96. The Labute approximate surface area is 182 Å². The lowest BCUT2D eigenvalue weighted by molar-refractivity contribution is 0.122. The third kappa shape index (κ3) is 5.62. The lowest BCUT2D eigenvalue weighted by Crippen LogP contribution is -2.38. The van der Waals surface area contributed by atoms with Crippen molar-refractivity contribution in [2.24, 2.45) is 7.05 Å². The van der Waals surface area contributed by atoms with Gasteiger partial charge in [-0.1, -0.05) is 52.0 Å². The van der Waals surface area contributed by atoms with E-state index >= 15 is 0 Å². The standard InChI is InChI=1S/C24H39N5O/c1-6-28(7-2)18-21-10-8-20(9-11-21)16-25-17-22-23(19(3)4)26-27(5)24(22)29-12-14-30-15-13-29/h8-11,19,25H,6-7,12-18H2,1-5H3. The summed E-state index contributed by atoms with van der Waals surface area (Å²) in [4.78, 5) is 4.86. The summed E-state index contributed by atoms with van der Waals surface area (Å²) in [6, 6.07) is 9.03. The van der Waals surface area contributed by atoms with Crippen LogP contribution in [0.2, 0.25) is 0 Å². The van der Waals surface area contributed by atoms with Crippen molar-refractivity contribution in [2.45, 2.75) is 53.2 Å². The zero-order chi connectivity index (χ0) is 21.5. The monoisotopic (exact) mass is 413 g/mol. The van der Waals surface area contributed by atoms with Gasteiger partial charge in [-0.2, -0.15) is 5.10 Å². The molecule has 1 fully saturated rings. The number of nitrogens with one attached hydrogen (secondary N) is 1. The van der Waals surface area contributed by atoms with Gasteiger partial charge in [-0.05, 0) is 30.1 Å². The normalized spacial score (nSPS) is 14.8. The van der Waals surface area contributed by atoms with Crippen LogP contribution >= 0.6 is 0 Å². The summed E-state index contributed by atoms with van der Waals surface area (Å²) in [5.74, 6) is 1.64. The number of benzene rings is 1. The molecule has 0 spiro atoms. The second-order valence-corrected chi connectivity index (χ2v) is 8.45. The van der Waals surface area contributed by atoms with E-state index in [0.29, 0.717) is 5.92 Å². The molecule has 30 heavy (non-hydrogen) atoms. The molecule has 1 aliphatic heterocycles. The Hall–Kier alpha value is -1.89. The molecule has 6 nitrogen and oxygen atoms in total. The molecular weight excluding hydrogens is 374 g/mol. The molecule has 3 rings (SSSR count). The number of hydrogen-bond acceptors (Lipinski definition) is 5. The Morgan fingerprint density at radius 1 is 1.03 bits per heavy atom. The highest BCUT2D eigenvalue weighted by atomic mass is 16.5. The second kappa shape index (κ2) is 10.9. The van der Waals surface area contributed by atoms with Gasteiger partial charge in [0.15, 0.2) is 0 Å². The van der Waals surface area contributed by atoms with E-state index in [4.69, 9.17) is 9.84 Å². The number of morpholine rings is 1. The first-order chi connectivity index (χ1) is 14.5. The van der Waals surface area contributed by atoms with Crippen LogP contribution in [0.25, 0.3) is 0 Å². The van der Waals surface area contributed by atoms with Gasteiger partial charge in [-0.3, -0.25) is 9.58 Å². The topological polar surface area (TPSA) is 45.6 Å². The molecule has 0 atom stereocenters. The average Bonchev–Trinajstić information content (AvgIpc) is 3.10. The minimum Gasteiger partial charge on any atom is -0.378 e. The van der Waals surface area contributed by atoms with Crippen LogP contribution < -0.4 is 10.2 Å². The summed E-state index contributed by atoms with van der Waals surface area (Å²) in [6.45, 7) is 17.2. The minimum atomic E-state index is 0.405. The van der Waals surface area contributed by atoms with E-state index in [2.05, 4.69) is 78.8 Å². The summed E-state index contributed by atoms with van der Waals surface area (Å²) < 4.78 is 7.61. The van der Waals surface area contributed by atoms with E-state index in [0.717, 1.165) is 59.0 Å². The quantitative estimate of drug-likeness (QED) is 0.646. The number of hydrogen-bond donors (Lipinski definition) is 1. The molecule has 0 bridgehead atoms. The molecule has 1 aromatic heterocycles. The second-order valence-electron chi connectivity index (χ2n) is 8.45. The lowest BCUT2D eigenvalue weighted by Gasteiger charge is -2.29. The SMILES string of the molecule is CCN(CC)Cc1ccc(CNCc2c(C(C)C)nn(C)c2N2CCOCC2)cc1. The molecule has 1 saturated heterocycles. The molecule has 0 unspecified atom stereocenters. The molecule has 0 aliphatic carbocycles. The van der Waals surface area contributed by atoms with Crippen LogP contribution in [-0.4, -0.2) is 54.1 Å². The van der Waals surface area contributed by atoms with Gasteiger partial charge in [-0.25, -0.2) is 0 Å². The Balaban J connectivity index is 1.65. The van der Waals surface area contributed by atoms with Gasteiger partial charge in [0.25, 0.3) is 0 Å². The highest BCUT2D eigenvalue weighted by molar-refractivity contribution is 5.51. The first-order valence-electron chi connectivity index (χ1n) is 11.4. The van der Waals surface area contributed by atoms with Crippen molar-refractivity contribution in [3.8, 4) is 0 Å². The maximum atomic E-state index is 5.55. The zero-order valence-electron chi connectivity index (χ0n) is 19.4. The molecule has 1 aliphatic rings. The zero-order valence-corrected chi connectivity index (χ0v) is 19.4. The van der Waals surface area contributed by atoms with Gasteiger partial charge in [0.1, 0.15) is 5.82 Å². The molecular formula is C24H39N5O. The Morgan fingerprint density at radius 3 is 2.27 bits per heavy atom. The van der Waals surface area contributed by atoms with E-state index < -0.39 is 0 Å². The van der Waals surface area contributed by atoms with Crippen LogP contribution in [0, 0.1) is 0 Å². The fourth-order valence-electron chi connectivity index (χ4n) is 4.18. The van der Waals surface area contributed by atoms with Gasteiger partial charge >= 0.3 is 0 Å². The fourth-order valence-corrected chi connectivity index (χ4v) is 4.18. The summed E-state index contributed by atoms with van der Waals surface area (Å²) in [5, 5.41) is 8.52. The van der Waals surface area contributed by atoms with E-state index in [9.17, 15) is 0 Å². The summed E-state index contributed by atoms with van der Waals surface area (Å²) in [5.41, 5.74) is 5.22. The largest absolute Gasteiger partial charge is 0.378 e. The van der Waals surface area contributed by atoms with Crippen molar-refractivity contribution in [1.82, 2.24) is 20.0 Å². The number of aromatic nitrogens is 2. The maximum absolute atomic E-state index is 5.55. The van der Waals surface area contributed by atoms with E-state index in [1.54, 1.807) is 0 Å². The van der Waals surface area contributed by atoms with Crippen LogP contribution in [0.1, 0.15) is 56.0 Å². The van der Waals surface area contributed by atoms with Gasteiger partial charge < -0.3 is 15.0 Å². The van der Waals surface area contributed by atoms with E-state index in [1.165, 1.54) is 28.2 Å². The predicted molar refractivity (Wildman–Crippen MR) is 124 cm³/mol. The van der Waals surface area contributed by atoms with Crippen LogP contribution in [0.15, 0.2) is 24.3 Å². The van der Waals surface area contributed by atoms with Crippen molar-refractivity contribution in [1.29, 1.82) is 0 Å². The number of ether oxygens (including phenoxy) is 1. The molecule has 166 valence electrons. The molecule has 1 aromatic carbocycles. The fraction of sp³-hybridized carbons (Fsp3) is 0.625. The van der Waals surface area contributed by atoms with Crippen molar-refractivity contribution >= 4 is 5.82 Å². The number of aryl methyl sites for hydroxylation is 1.